The molecule has 0 fully saturated rings. The van der Waals surface area contributed by atoms with Gasteiger partial charge in [-0.15, -0.1) is 4.36 Å². The quantitative estimate of drug-likeness (QED) is 0.751. The van der Waals surface area contributed by atoms with Crippen LogP contribution in [0.3, 0.4) is 0 Å². The maximum Gasteiger partial charge on any atom is 0.354 e. The van der Waals surface area contributed by atoms with Gasteiger partial charge in [-0.3, -0.25) is 0 Å². The Balaban J connectivity index is 1.44. The monoisotopic (exact) mass is 444 g/mol. The van der Waals surface area contributed by atoms with Gasteiger partial charge in [0.2, 0.25) is 5.88 Å². The lowest BCUT2D eigenvalue weighted by Gasteiger charge is -2.15. The van der Waals surface area contributed by atoms with E-state index in [1.54, 1.807) is 4.68 Å². The van der Waals surface area contributed by atoms with Crippen molar-refractivity contribution in [2.24, 2.45) is 9.50 Å². The zero-order valence-electron chi connectivity index (χ0n) is 17.9. The van der Waals surface area contributed by atoms with E-state index >= 15 is 0 Å². The standard InChI is InChI=1S/C21H28N6O3S/c1-26(2)11-15-12-30-20-18(10-23-27(15)20)31(22,29)25-21(28)24-19-16-7-3-5-13(16)9-14-6-4-8-17(14)19/h9-10,15H,3-8,11-12H2,1-2H3,(H3,22,24,25,28,29)/t15-,31+/m0/s1. The van der Waals surface area contributed by atoms with Gasteiger partial charge >= 0.3 is 6.03 Å². The van der Waals surface area contributed by atoms with Crippen molar-refractivity contribution < 1.29 is 13.7 Å². The highest BCUT2D eigenvalue weighted by Crippen LogP contribution is 2.39. The normalized spacial score (nSPS) is 20.7. The van der Waals surface area contributed by atoms with Crippen molar-refractivity contribution in [1.29, 1.82) is 0 Å². The van der Waals surface area contributed by atoms with E-state index in [2.05, 4.69) is 20.8 Å². The lowest BCUT2D eigenvalue weighted by molar-refractivity contribution is 0.260. The number of fused-ring (bicyclic) bond motifs is 3. The molecule has 0 saturated heterocycles. The van der Waals surface area contributed by atoms with Crippen molar-refractivity contribution in [2.45, 2.75) is 49.5 Å². The van der Waals surface area contributed by atoms with Crippen molar-refractivity contribution in [2.75, 3.05) is 32.6 Å². The Morgan fingerprint density at radius 2 is 1.97 bits per heavy atom. The summed E-state index contributed by atoms with van der Waals surface area (Å²) in [5.74, 6) is 0.331. The van der Waals surface area contributed by atoms with Gasteiger partial charge in [-0.05, 0) is 74.9 Å². The van der Waals surface area contributed by atoms with Gasteiger partial charge in [-0.2, -0.15) is 5.10 Å². The summed E-state index contributed by atoms with van der Waals surface area (Å²) in [7, 11) is 0.427. The Hall–Kier alpha value is -2.43. The number of hydrogen-bond acceptors (Lipinski definition) is 5. The molecule has 9 nitrogen and oxygen atoms in total. The zero-order valence-corrected chi connectivity index (χ0v) is 18.7. The molecular formula is C21H28N6O3S. The molecule has 1 aliphatic heterocycles. The van der Waals surface area contributed by atoms with E-state index in [9.17, 15) is 9.00 Å². The molecule has 3 N–H and O–H groups in total. The summed E-state index contributed by atoms with van der Waals surface area (Å²) < 4.78 is 24.5. The summed E-state index contributed by atoms with van der Waals surface area (Å²) in [4.78, 5) is 15.0. The maximum absolute atomic E-state index is 13.2. The molecule has 1 aromatic carbocycles. The minimum absolute atomic E-state index is 0.00253. The minimum atomic E-state index is -3.50. The summed E-state index contributed by atoms with van der Waals surface area (Å²) in [5.41, 5.74) is 5.84. The van der Waals surface area contributed by atoms with Crippen LogP contribution in [0, 0.1) is 0 Å². The molecule has 3 aliphatic rings. The van der Waals surface area contributed by atoms with Crippen LogP contribution in [0.4, 0.5) is 10.5 Å². The molecule has 0 unspecified atom stereocenters. The van der Waals surface area contributed by atoms with Gasteiger partial charge in [-0.1, -0.05) is 6.07 Å². The third-order valence-electron chi connectivity index (χ3n) is 6.29. The number of rotatable bonds is 4. The number of carbonyl (C=O) groups is 1. The molecule has 0 radical (unpaired) electrons. The van der Waals surface area contributed by atoms with E-state index in [4.69, 9.17) is 9.88 Å². The van der Waals surface area contributed by atoms with Gasteiger partial charge in [-0.25, -0.2) is 18.8 Å². The molecule has 2 atom stereocenters. The fraction of sp³-hybridized carbons (Fsp3) is 0.524. The predicted octanol–water partition coefficient (Wildman–Crippen LogP) is 2.29. The van der Waals surface area contributed by atoms with Crippen molar-refractivity contribution in [3.63, 3.8) is 0 Å². The molecule has 2 aromatic rings. The van der Waals surface area contributed by atoms with Gasteiger partial charge < -0.3 is 15.0 Å². The van der Waals surface area contributed by atoms with Crippen LogP contribution in [0.1, 0.15) is 41.1 Å². The van der Waals surface area contributed by atoms with Crippen molar-refractivity contribution in [3.05, 3.63) is 34.5 Å². The van der Waals surface area contributed by atoms with E-state index in [1.165, 1.54) is 28.5 Å². The molecule has 31 heavy (non-hydrogen) atoms. The van der Waals surface area contributed by atoms with Gasteiger partial charge in [0.15, 0.2) is 9.92 Å². The van der Waals surface area contributed by atoms with Crippen LogP contribution >= 0.6 is 0 Å². The van der Waals surface area contributed by atoms with E-state index in [0.717, 1.165) is 50.8 Å². The highest BCUT2D eigenvalue weighted by atomic mass is 32.2. The molecule has 0 bridgehead atoms. The second kappa shape index (κ2) is 7.61. The second-order valence-electron chi connectivity index (χ2n) is 8.81. The van der Waals surface area contributed by atoms with Crippen LogP contribution < -0.4 is 15.2 Å². The Morgan fingerprint density at radius 1 is 1.29 bits per heavy atom. The summed E-state index contributed by atoms with van der Waals surface area (Å²) >= 11 is 0. The molecule has 2 heterocycles. The van der Waals surface area contributed by atoms with Crippen LogP contribution in [0.15, 0.2) is 21.5 Å². The highest BCUT2D eigenvalue weighted by molar-refractivity contribution is 7.91. The Bertz CT molecular complexity index is 1150. The van der Waals surface area contributed by atoms with Gasteiger partial charge in [0.1, 0.15) is 17.5 Å². The number of amides is 2. The van der Waals surface area contributed by atoms with Crippen molar-refractivity contribution >= 4 is 21.6 Å². The number of carbonyl (C=O) groups excluding carboxylic acids is 1. The second-order valence-corrected chi connectivity index (χ2v) is 10.6. The highest BCUT2D eigenvalue weighted by Gasteiger charge is 2.32. The molecular weight excluding hydrogens is 416 g/mol. The Morgan fingerprint density at radius 3 is 2.61 bits per heavy atom. The third-order valence-corrected chi connectivity index (χ3v) is 7.64. The topological polar surface area (TPSA) is 115 Å². The first kappa shape index (κ1) is 20.5. The number of aromatic nitrogens is 2. The SMILES string of the molecule is CN(C)C[C@H]1COc2c([S@](N)(=O)=NC(=O)Nc3c4c(cc5c3CCC5)CCC4)cnn21. The van der Waals surface area contributed by atoms with Crippen LogP contribution in [-0.4, -0.2) is 52.2 Å². The third kappa shape index (κ3) is 3.62. The Labute approximate surface area is 182 Å². The first-order valence-corrected chi connectivity index (χ1v) is 12.3. The van der Waals surface area contributed by atoms with Crippen molar-refractivity contribution in [1.82, 2.24) is 14.7 Å². The summed E-state index contributed by atoms with van der Waals surface area (Å²) in [6, 6.07) is 1.60. The van der Waals surface area contributed by atoms with E-state index in [0.29, 0.717) is 12.5 Å². The van der Waals surface area contributed by atoms with Crippen LogP contribution in [-0.2, 0) is 35.6 Å². The lowest BCUT2D eigenvalue weighted by atomic mass is 9.99. The fourth-order valence-electron chi connectivity index (χ4n) is 5.00. The van der Waals surface area contributed by atoms with Gasteiger partial charge in [0.05, 0.1) is 6.20 Å². The van der Waals surface area contributed by atoms with E-state index in [1.807, 2.05) is 19.0 Å². The smallest absolute Gasteiger partial charge is 0.354 e. The predicted molar refractivity (Wildman–Crippen MR) is 118 cm³/mol. The van der Waals surface area contributed by atoms with E-state index < -0.39 is 15.9 Å². The molecule has 5 rings (SSSR count). The first-order valence-electron chi connectivity index (χ1n) is 10.7. The number of aryl methyl sites for hydroxylation is 2. The molecule has 2 amide bonds. The van der Waals surface area contributed by atoms with Gasteiger partial charge in [0.25, 0.3) is 0 Å². The minimum Gasteiger partial charge on any atom is -0.475 e. The number of ether oxygens (including phenoxy) is 1. The lowest BCUT2D eigenvalue weighted by Crippen LogP contribution is -2.24. The average molecular weight is 445 g/mol. The average Bonchev–Trinajstić information content (AvgIpc) is 3.45. The first-order chi connectivity index (χ1) is 14.8. The number of anilines is 1. The summed E-state index contributed by atoms with van der Waals surface area (Å²) in [6.07, 6.45) is 7.50. The number of urea groups is 1. The zero-order chi connectivity index (χ0) is 21.8. The molecule has 1 aromatic heterocycles. The molecule has 0 spiro atoms. The molecule has 166 valence electrons. The van der Waals surface area contributed by atoms with E-state index in [-0.39, 0.29) is 10.9 Å². The fourth-order valence-corrected chi connectivity index (χ4v) is 5.99. The van der Waals surface area contributed by atoms with Gasteiger partial charge in [0, 0.05) is 12.2 Å². The molecule has 10 heteroatoms. The number of likely N-dealkylation sites (N-methyl/N-ethyl adjacent to an activating group) is 1. The van der Waals surface area contributed by atoms with Crippen LogP contribution in [0.2, 0.25) is 0 Å². The number of nitrogens with zero attached hydrogens (tertiary/aromatic N) is 4. The summed E-state index contributed by atoms with van der Waals surface area (Å²) in [6.45, 7) is 1.14. The number of hydrogen-bond donors (Lipinski definition) is 2. The maximum atomic E-state index is 13.2. The summed E-state index contributed by atoms with van der Waals surface area (Å²) in [5, 5.41) is 13.3. The van der Waals surface area contributed by atoms with Crippen molar-refractivity contribution in [3.8, 4) is 5.88 Å². The van der Waals surface area contributed by atoms with Crippen LogP contribution in [0.25, 0.3) is 0 Å². The van der Waals surface area contributed by atoms with Crippen LogP contribution in [0.5, 0.6) is 5.88 Å². The number of benzene rings is 1. The molecule has 0 saturated carbocycles. The number of nitrogens with two attached hydrogens (primary N) is 1. The Kier molecular flexibility index (Phi) is 5.03. The largest absolute Gasteiger partial charge is 0.475 e. The number of nitrogens with one attached hydrogen (secondary N) is 1. The molecule has 2 aliphatic carbocycles.